The number of para-hydroxylation sites is 2. The minimum Gasteiger partial charge on any atom is -0.497 e. The molecule has 0 fully saturated rings. The van der Waals surface area contributed by atoms with Gasteiger partial charge in [0.05, 0.1) is 24.8 Å². The van der Waals surface area contributed by atoms with Crippen LogP contribution in [0.5, 0.6) is 11.5 Å². The Morgan fingerprint density at radius 2 is 1.75 bits per heavy atom. The first-order valence-corrected chi connectivity index (χ1v) is 13.2. The van der Waals surface area contributed by atoms with Crippen molar-refractivity contribution in [2.75, 3.05) is 20.3 Å². The van der Waals surface area contributed by atoms with Crippen LogP contribution < -0.4 is 14.8 Å². The van der Waals surface area contributed by atoms with E-state index in [1.807, 2.05) is 54.6 Å². The standard InChI is InChI=1S/C29H32BrN3O3/c1-35-24-9-7-10-25(21-24)36-20-8-19-33-27-12-5-4-11-26(27)32-28(33)13-3-2-6-18-31-29(34)22-14-16-23(30)17-15-22/h4-5,7,9-12,14-17,21H,2-3,6,8,13,18-20H2,1H3,(H,31,34). The maximum atomic E-state index is 12.2. The number of amides is 1. The molecule has 0 radical (unpaired) electrons. The van der Waals surface area contributed by atoms with E-state index in [1.54, 1.807) is 7.11 Å². The van der Waals surface area contributed by atoms with Crippen molar-refractivity contribution in [3.05, 3.63) is 88.7 Å². The molecule has 0 aliphatic heterocycles. The summed E-state index contributed by atoms with van der Waals surface area (Å²) in [4.78, 5) is 17.1. The van der Waals surface area contributed by atoms with Crippen molar-refractivity contribution in [1.29, 1.82) is 0 Å². The number of nitrogens with one attached hydrogen (secondary N) is 1. The summed E-state index contributed by atoms with van der Waals surface area (Å²) >= 11 is 3.39. The van der Waals surface area contributed by atoms with Gasteiger partial charge in [-0.1, -0.05) is 40.5 Å². The molecule has 188 valence electrons. The smallest absolute Gasteiger partial charge is 0.251 e. The summed E-state index contributed by atoms with van der Waals surface area (Å²) in [5, 5.41) is 3.01. The second-order valence-electron chi connectivity index (χ2n) is 8.62. The third kappa shape index (κ3) is 7.10. The monoisotopic (exact) mass is 549 g/mol. The molecule has 0 atom stereocenters. The van der Waals surface area contributed by atoms with Crippen LogP contribution in [0.15, 0.2) is 77.3 Å². The Bertz CT molecular complexity index is 1270. The molecule has 6 nitrogen and oxygen atoms in total. The van der Waals surface area contributed by atoms with Gasteiger partial charge in [0.15, 0.2) is 0 Å². The predicted octanol–water partition coefficient (Wildman–Crippen LogP) is 6.42. The van der Waals surface area contributed by atoms with E-state index >= 15 is 0 Å². The zero-order chi connectivity index (χ0) is 25.2. The van der Waals surface area contributed by atoms with Crippen LogP contribution in [0.3, 0.4) is 0 Å². The minimum atomic E-state index is -0.0274. The molecule has 1 amide bonds. The number of halogens is 1. The molecule has 7 heteroatoms. The molecule has 0 unspecified atom stereocenters. The number of unbranched alkanes of at least 4 members (excludes halogenated alkanes) is 2. The van der Waals surface area contributed by atoms with E-state index in [1.165, 1.54) is 0 Å². The summed E-state index contributed by atoms with van der Waals surface area (Å²) in [5.74, 6) is 2.69. The van der Waals surface area contributed by atoms with Crippen LogP contribution in [-0.2, 0) is 13.0 Å². The lowest BCUT2D eigenvalue weighted by Gasteiger charge is -2.11. The molecule has 0 spiro atoms. The van der Waals surface area contributed by atoms with Crippen LogP contribution >= 0.6 is 15.9 Å². The third-order valence-corrected chi connectivity index (χ3v) is 6.57. The van der Waals surface area contributed by atoms with Crippen LogP contribution in [0.25, 0.3) is 11.0 Å². The second kappa shape index (κ2) is 13.1. The van der Waals surface area contributed by atoms with E-state index in [-0.39, 0.29) is 5.91 Å². The van der Waals surface area contributed by atoms with Crippen molar-refractivity contribution < 1.29 is 14.3 Å². The van der Waals surface area contributed by atoms with Crippen molar-refractivity contribution in [1.82, 2.24) is 14.9 Å². The molecule has 4 aromatic rings. The molecule has 0 aliphatic carbocycles. The van der Waals surface area contributed by atoms with Gasteiger partial charge >= 0.3 is 0 Å². The van der Waals surface area contributed by atoms with Gasteiger partial charge in [-0.25, -0.2) is 4.98 Å². The number of imidazole rings is 1. The van der Waals surface area contributed by atoms with Gasteiger partial charge in [0.25, 0.3) is 5.91 Å². The summed E-state index contributed by atoms with van der Waals surface area (Å²) in [6, 6.07) is 23.4. The number of aryl methyl sites for hydroxylation is 2. The second-order valence-corrected chi connectivity index (χ2v) is 9.54. The lowest BCUT2D eigenvalue weighted by atomic mass is 10.1. The molecule has 0 saturated carbocycles. The van der Waals surface area contributed by atoms with Gasteiger partial charge < -0.3 is 19.4 Å². The molecule has 3 aromatic carbocycles. The maximum Gasteiger partial charge on any atom is 0.251 e. The van der Waals surface area contributed by atoms with Crippen molar-refractivity contribution in [2.45, 2.75) is 38.6 Å². The van der Waals surface area contributed by atoms with Gasteiger partial charge in [-0.05, 0) is 67.8 Å². The van der Waals surface area contributed by atoms with Crippen LogP contribution in [0, 0.1) is 0 Å². The third-order valence-electron chi connectivity index (χ3n) is 6.04. The van der Waals surface area contributed by atoms with E-state index in [0.29, 0.717) is 18.7 Å². The van der Waals surface area contributed by atoms with Gasteiger partial charge in [-0.15, -0.1) is 0 Å². The fraction of sp³-hybridized carbons (Fsp3) is 0.310. The Labute approximate surface area is 220 Å². The zero-order valence-corrected chi connectivity index (χ0v) is 22.2. The number of ether oxygens (including phenoxy) is 2. The lowest BCUT2D eigenvalue weighted by Crippen LogP contribution is -2.24. The first-order valence-electron chi connectivity index (χ1n) is 12.4. The van der Waals surface area contributed by atoms with E-state index in [2.05, 4.69) is 44.0 Å². The topological polar surface area (TPSA) is 65.4 Å². The van der Waals surface area contributed by atoms with E-state index in [4.69, 9.17) is 14.5 Å². The van der Waals surface area contributed by atoms with Gasteiger partial charge in [-0.2, -0.15) is 0 Å². The lowest BCUT2D eigenvalue weighted by molar-refractivity contribution is 0.0953. The predicted molar refractivity (Wildman–Crippen MR) is 147 cm³/mol. The Hall–Kier alpha value is -3.32. The molecule has 36 heavy (non-hydrogen) atoms. The molecule has 0 saturated heterocycles. The highest BCUT2D eigenvalue weighted by Gasteiger charge is 2.10. The summed E-state index contributed by atoms with van der Waals surface area (Å²) < 4.78 is 14.5. The first kappa shape index (κ1) is 25.8. The van der Waals surface area contributed by atoms with Crippen molar-refractivity contribution in [3.8, 4) is 11.5 Å². The van der Waals surface area contributed by atoms with E-state index < -0.39 is 0 Å². The summed E-state index contributed by atoms with van der Waals surface area (Å²) in [7, 11) is 1.66. The Balaban J connectivity index is 1.24. The van der Waals surface area contributed by atoms with Crippen molar-refractivity contribution in [2.24, 2.45) is 0 Å². The van der Waals surface area contributed by atoms with Crippen LogP contribution in [-0.4, -0.2) is 35.7 Å². The van der Waals surface area contributed by atoms with E-state index in [0.717, 1.165) is 71.5 Å². The Kier molecular flexibility index (Phi) is 9.39. The summed E-state index contributed by atoms with van der Waals surface area (Å²) in [5.41, 5.74) is 2.88. The fourth-order valence-corrected chi connectivity index (χ4v) is 4.42. The van der Waals surface area contributed by atoms with Gasteiger partial charge in [0.1, 0.15) is 17.3 Å². The van der Waals surface area contributed by atoms with Crippen LogP contribution in [0.4, 0.5) is 0 Å². The highest BCUT2D eigenvalue weighted by molar-refractivity contribution is 9.10. The fourth-order valence-electron chi connectivity index (χ4n) is 4.16. The van der Waals surface area contributed by atoms with Crippen LogP contribution in [0.2, 0.25) is 0 Å². The molecular weight excluding hydrogens is 518 g/mol. The molecule has 1 N–H and O–H groups in total. The number of hydrogen-bond acceptors (Lipinski definition) is 4. The number of rotatable bonds is 13. The number of nitrogens with zero attached hydrogens (tertiary/aromatic N) is 2. The number of benzene rings is 3. The Morgan fingerprint density at radius 1 is 0.944 bits per heavy atom. The Morgan fingerprint density at radius 3 is 2.58 bits per heavy atom. The molecule has 0 bridgehead atoms. The summed E-state index contributed by atoms with van der Waals surface area (Å²) in [6.07, 6.45) is 4.79. The highest BCUT2D eigenvalue weighted by atomic mass is 79.9. The SMILES string of the molecule is COc1cccc(OCCCn2c(CCCCCNC(=O)c3ccc(Br)cc3)nc3ccccc32)c1. The average molecular weight is 550 g/mol. The van der Waals surface area contributed by atoms with Gasteiger partial charge in [0, 0.05) is 35.6 Å². The number of hydrogen-bond donors (Lipinski definition) is 1. The first-order chi connectivity index (χ1) is 17.6. The number of fused-ring (bicyclic) bond motifs is 1. The summed E-state index contributed by atoms with van der Waals surface area (Å²) in [6.45, 7) is 2.15. The number of aromatic nitrogens is 2. The molecule has 1 heterocycles. The van der Waals surface area contributed by atoms with E-state index in [9.17, 15) is 4.79 Å². The largest absolute Gasteiger partial charge is 0.497 e. The number of carbonyl (C=O) groups excluding carboxylic acids is 1. The molecule has 0 aliphatic rings. The highest BCUT2D eigenvalue weighted by Crippen LogP contribution is 2.21. The van der Waals surface area contributed by atoms with Crippen molar-refractivity contribution in [3.63, 3.8) is 0 Å². The van der Waals surface area contributed by atoms with Crippen LogP contribution in [0.1, 0.15) is 41.9 Å². The average Bonchev–Trinajstić information content (AvgIpc) is 3.26. The van der Waals surface area contributed by atoms with Gasteiger partial charge in [0.2, 0.25) is 0 Å². The molecule has 4 rings (SSSR count). The molecule has 1 aromatic heterocycles. The minimum absolute atomic E-state index is 0.0274. The molecular formula is C29H32BrN3O3. The number of methoxy groups -OCH3 is 1. The maximum absolute atomic E-state index is 12.2. The zero-order valence-electron chi connectivity index (χ0n) is 20.6. The van der Waals surface area contributed by atoms with Gasteiger partial charge in [-0.3, -0.25) is 4.79 Å². The quantitative estimate of drug-likeness (QED) is 0.195. The normalized spacial score (nSPS) is 10.9. The number of carbonyl (C=O) groups is 1. The van der Waals surface area contributed by atoms with Crippen molar-refractivity contribution >= 4 is 32.9 Å².